The van der Waals surface area contributed by atoms with Gasteiger partial charge in [-0.15, -0.1) is 0 Å². The third kappa shape index (κ3) is 2.36. The number of carboxylic acid groups (broad SMARTS) is 1. The van der Waals surface area contributed by atoms with Gasteiger partial charge in [0.05, 0.1) is 0 Å². The number of pyridine rings is 1. The van der Waals surface area contributed by atoms with Crippen molar-refractivity contribution in [3.8, 4) is 0 Å². The Bertz CT molecular complexity index is 379. The number of carboxylic acids is 1. The summed E-state index contributed by atoms with van der Waals surface area (Å²) in [6, 6.07) is 1.32. The first-order valence-electron chi connectivity index (χ1n) is 4.06. The monoisotopic (exact) mass is 211 g/mol. The number of rotatable bonds is 4. The second-order valence-electron chi connectivity index (χ2n) is 2.85. The molecule has 1 aromatic rings. The lowest BCUT2D eigenvalue weighted by molar-refractivity contribution is -0.153. The van der Waals surface area contributed by atoms with E-state index < -0.39 is 18.2 Å². The topological polar surface area (TPSA) is 108 Å². The third-order valence-corrected chi connectivity index (χ3v) is 1.88. The molecule has 0 bridgehead atoms. The molecule has 15 heavy (non-hydrogen) atoms. The molecule has 6 nitrogen and oxygen atoms in total. The number of aliphatic hydroxyl groups is 2. The fraction of sp³-hybridized carbons (Fsp3) is 0.222. The van der Waals surface area contributed by atoms with Gasteiger partial charge in [0.15, 0.2) is 12.4 Å². The van der Waals surface area contributed by atoms with Crippen LogP contribution in [-0.4, -0.2) is 38.7 Å². The Morgan fingerprint density at radius 1 is 1.47 bits per heavy atom. The molecule has 0 aliphatic carbocycles. The van der Waals surface area contributed by atoms with Gasteiger partial charge in [0, 0.05) is 23.5 Å². The van der Waals surface area contributed by atoms with E-state index in [-0.39, 0.29) is 11.1 Å². The van der Waals surface area contributed by atoms with Crippen molar-refractivity contribution in [1.29, 1.82) is 0 Å². The summed E-state index contributed by atoms with van der Waals surface area (Å²) in [7, 11) is 0. The number of carbonyl (C=O) groups is 2. The summed E-state index contributed by atoms with van der Waals surface area (Å²) in [6.45, 7) is 0. The van der Waals surface area contributed by atoms with Crippen molar-refractivity contribution in [1.82, 2.24) is 4.98 Å². The molecule has 0 aliphatic rings. The Morgan fingerprint density at radius 3 is 2.67 bits per heavy atom. The lowest BCUT2D eigenvalue weighted by atomic mass is 10.0. The van der Waals surface area contributed by atoms with Crippen LogP contribution in [0.25, 0.3) is 0 Å². The first-order chi connectivity index (χ1) is 7.07. The molecular weight excluding hydrogens is 202 g/mol. The van der Waals surface area contributed by atoms with Crippen LogP contribution in [0.2, 0.25) is 0 Å². The smallest absolute Gasteiger partial charge is 0.335 e. The lowest BCUT2D eigenvalue weighted by Crippen LogP contribution is -2.28. The lowest BCUT2D eigenvalue weighted by Gasteiger charge is -2.15. The van der Waals surface area contributed by atoms with Crippen molar-refractivity contribution >= 4 is 12.3 Å². The summed E-state index contributed by atoms with van der Waals surface area (Å²) in [5.41, 5.74) is 0.0835. The van der Waals surface area contributed by atoms with Crippen molar-refractivity contribution < 1.29 is 24.9 Å². The van der Waals surface area contributed by atoms with Gasteiger partial charge in [-0.05, 0) is 6.07 Å². The zero-order valence-corrected chi connectivity index (χ0v) is 7.57. The van der Waals surface area contributed by atoms with Gasteiger partial charge in [-0.25, -0.2) is 4.79 Å². The molecule has 0 aliphatic heterocycles. The zero-order valence-electron chi connectivity index (χ0n) is 7.57. The number of carbonyl (C=O) groups excluding carboxylic acids is 1. The van der Waals surface area contributed by atoms with Crippen LogP contribution in [0.15, 0.2) is 18.5 Å². The van der Waals surface area contributed by atoms with Gasteiger partial charge in [-0.2, -0.15) is 0 Å². The van der Waals surface area contributed by atoms with E-state index in [9.17, 15) is 14.7 Å². The fourth-order valence-electron chi connectivity index (χ4n) is 1.08. The van der Waals surface area contributed by atoms with Crippen molar-refractivity contribution in [2.45, 2.75) is 12.2 Å². The summed E-state index contributed by atoms with van der Waals surface area (Å²) >= 11 is 0. The summed E-state index contributed by atoms with van der Waals surface area (Å²) in [6.07, 6.45) is -0.730. The summed E-state index contributed by atoms with van der Waals surface area (Å²) in [5, 5.41) is 27.0. The van der Waals surface area contributed by atoms with Crippen LogP contribution < -0.4 is 0 Å². The van der Waals surface area contributed by atoms with E-state index in [0.717, 1.165) is 6.20 Å². The number of aromatic nitrogens is 1. The second kappa shape index (κ2) is 4.63. The van der Waals surface area contributed by atoms with Crippen molar-refractivity contribution in [2.75, 3.05) is 0 Å². The normalized spacial score (nSPS) is 14.3. The van der Waals surface area contributed by atoms with Gasteiger partial charge in [-0.1, -0.05) is 0 Å². The average molecular weight is 211 g/mol. The maximum atomic E-state index is 10.6. The van der Waals surface area contributed by atoms with Crippen LogP contribution in [-0.2, 0) is 4.79 Å². The van der Waals surface area contributed by atoms with E-state index >= 15 is 0 Å². The summed E-state index contributed by atoms with van der Waals surface area (Å²) in [4.78, 5) is 24.6. The van der Waals surface area contributed by atoms with Gasteiger partial charge in [-0.3, -0.25) is 9.78 Å². The first-order valence-corrected chi connectivity index (χ1v) is 4.06. The Morgan fingerprint density at radius 2 is 2.13 bits per heavy atom. The SMILES string of the molecule is O=Cc1ccncc1C(O)C(O)C(=O)O. The highest BCUT2D eigenvalue weighted by atomic mass is 16.4. The van der Waals surface area contributed by atoms with Crippen molar-refractivity contribution in [3.05, 3.63) is 29.6 Å². The van der Waals surface area contributed by atoms with Crippen LogP contribution in [0, 0.1) is 0 Å². The molecular formula is C9H9NO5. The van der Waals surface area contributed by atoms with Gasteiger partial charge >= 0.3 is 5.97 Å². The number of aldehydes is 1. The van der Waals surface area contributed by atoms with E-state index in [1.54, 1.807) is 0 Å². The first kappa shape index (κ1) is 11.3. The van der Waals surface area contributed by atoms with Gasteiger partial charge in [0.2, 0.25) is 0 Å². The number of nitrogens with zero attached hydrogens (tertiary/aromatic N) is 1. The average Bonchev–Trinajstić information content (AvgIpc) is 2.26. The quantitative estimate of drug-likeness (QED) is 0.572. The maximum absolute atomic E-state index is 10.6. The van der Waals surface area contributed by atoms with Crippen molar-refractivity contribution in [2.24, 2.45) is 0 Å². The van der Waals surface area contributed by atoms with Crippen LogP contribution in [0.5, 0.6) is 0 Å². The number of hydrogen-bond donors (Lipinski definition) is 3. The summed E-state index contributed by atoms with van der Waals surface area (Å²) in [5.74, 6) is -1.57. The van der Waals surface area contributed by atoms with E-state index in [1.165, 1.54) is 12.3 Å². The van der Waals surface area contributed by atoms with Gasteiger partial charge in [0.25, 0.3) is 0 Å². The number of hydrogen-bond acceptors (Lipinski definition) is 5. The van der Waals surface area contributed by atoms with Crippen molar-refractivity contribution in [3.63, 3.8) is 0 Å². The van der Waals surface area contributed by atoms with E-state index in [1.807, 2.05) is 0 Å². The van der Waals surface area contributed by atoms with Gasteiger partial charge < -0.3 is 15.3 Å². The Balaban J connectivity index is 3.04. The van der Waals surface area contributed by atoms with Crippen LogP contribution in [0.4, 0.5) is 0 Å². The second-order valence-corrected chi connectivity index (χ2v) is 2.85. The summed E-state index contributed by atoms with van der Waals surface area (Å²) < 4.78 is 0. The Labute approximate surface area is 84.8 Å². The molecule has 0 saturated heterocycles. The number of aliphatic carboxylic acids is 1. The molecule has 1 rings (SSSR count). The van der Waals surface area contributed by atoms with Crippen LogP contribution in [0.1, 0.15) is 22.0 Å². The van der Waals surface area contributed by atoms with Crippen LogP contribution in [0.3, 0.4) is 0 Å². The largest absolute Gasteiger partial charge is 0.479 e. The zero-order chi connectivity index (χ0) is 11.4. The molecule has 0 aromatic carbocycles. The molecule has 0 radical (unpaired) electrons. The Kier molecular flexibility index (Phi) is 3.48. The highest BCUT2D eigenvalue weighted by Crippen LogP contribution is 2.19. The molecule has 2 unspecified atom stereocenters. The minimum atomic E-state index is -1.98. The van der Waals surface area contributed by atoms with E-state index in [2.05, 4.69) is 4.98 Å². The van der Waals surface area contributed by atoms with Crippen LogP contribution >= 0.6 is 0 Å². The predicted molar refractivity (Wildman–Crippen MR) is 48.2 cm³/mol. The highest BCUT2D eigenvalue weighted by Gasteiger charge is 2.26. The molecule has 0 fully saturated rings. The molecule has 80 valence electrons. The molecule has 3 N–H and O–H groups in total. The molecule has 0 amide bonds. The molecule has 1 aromatic heterocycles. The molecule has 1 heterocycles. The molecule has 2 atom stereocenters. The van der Waals surface area contributed by atoms with E-state index in [0.29, 0.717) is 6.29 Å². The minimum Gasteiger partial charge on any atom is -0.479 e. The van der Waals surface area contributed by atoms with Gasteiger partial charge in [0.1, 0.15) is 6.10 Å². The number of aliphatic hydroxyl groups excluding tert-OH is 2. The minimum absolute atomic E-state index is 0.0117. The predicted octanol–water partition coefficient (Wildman–Crippen LogP) is -0.627. The maximum Gasteiger partial charge on any atom is 0.335 e. The molecule has 0 spiro atoms. The Hall–Kier alpha value is -1.79. The standard InChI is InChI=1S/C9H9NO5/c11-4-5-1-2-10-3-6(5)7(12)8(13)9(14)15/h1-4,7-8,12-13H,(H,14,15). The third-order valence-electron chi connectivity index (χ3n) is 1.88. The van der Waals surface area contributed by atoms with E-state index in [4.69, 9.17) is 10.2 Å². The highest BCUT2D eigenvalue weighted by molar-refractivity contribution is 5.78. The molecule has 6 heteroatoms. The fourth-order valence-corrected chi connectivity index (χ4v) is 1.08. The molecule has 0 saturated carbocycles.